The third-order valence-electron chi connectivity index (χ3n) is 16.6. The summed E-state index contributed by atoms with van der Waals surface area (Å²) >= 11 is 0. The van der Waals surface area contributed by atoms with Crippen molar-refractivity contribution in [2.45, 2.75) is 125 Å². The maximum Gasteiger partial charge on any atom is 0.307 e. The maximum atomic E-state index is 13.5. The molecule has 286 valence electrons. The van der Waals surface area contributed by atoms with Crippen LogP contribution in [0.3, 0.4) is 0 Å². The molecule has 0 unspecified atom stereocenters. The van der Waals surface area contributed by atoms with Crippen molar-refractivity contribution in [1.82, 2.24) is 24.7 Å². The topological polar surface area (TPSA) is 138 Å². The summed E-state index contributed by atoms with van der Waals surface area (Å²) in [6.45, 7) is 24.2. The highest BCUT2D eigenvalue weighted by Crippen LogP contribution is 2.75. The Balaban J connectivity index is 1.35. The second kappa shape index (κ2) is 12.7. The van der Waals surface area contributed by atoms with E-state index in [0.29, 0.717) is 49.2 Å². The van der Waals surface area contributed by atoms with Gasteiger partial charge >= 0.3 is 5.97 Å². The minimum absolute atomic E-state index is 0.163. The number of aromatic nitrogens is 5. The molecule has 0 aromatic carbocycles. The Kier molecular flexibility index (Phi) is 9.18. The van der Waals surface area contributed by atoms with Crippen LogP contribution < -0.4 is 5.73 Å². The van der Waals surface area contributed by atoms with Crippen LogP contribution in [0.15, 0.2) is 36.4 Å². The van der Waals surface area contributed by atoms with Crippen LogP contribution in [0, 0.1) is 62.6 Å². The zero-order valence-electron chi connectivity index (χ0n) is 33.4. The number of fused-ring (bicyclic) bond motifs is 3. The quantitative estimate of drug-likeness (QED) is 0.251. The Morgan fingerprint density at radius 2 is 1.77 bits per heavy atom. The molecule has 10 nitrogen and oxygen atoms in total. The highest BCUT2D eigenvalue weighted by Gasteiger charge is 2.72. The summed E-state index contributed by atoms with van der Waals surface area (Å²) in [5, 5.41) is 16.0. The fourth-order valence-corrected chi connectivity index (χ4v) is 12.6. The van der Waals surface area contributed by atoms with E-state index in [9.17, 15) is 9.90 Å². The summed E-state index contributed by atoms with van der Waals surface area (Å²) < 4.78 is 15.9. The van der Waals surface area contributed by atoms with E-state index in [0.717, 1.165) is 38.5 Å². The smallest absolute Gasteiger partial charge is 0.307 e. The van der Waals surface area contributed by atoms with Crippen LogP contribution in [-0.2, 0) is 14.3 Å². The largest absolute Gasteiger partial charge is 0.481 e. The molecule has 1 saturated heterocycles. The van der Waals surface area contributed by atoms with E-state index < -0.39 is 17.4 Å². The number of carboxylic acids is 1. The van der Waals surface area contributed by atoms with Gasteiger partial charge in [0.05, 0.1) is 37.9 Å². The van der Waals surface area contributed by atoms with Crippen molar-refractivity contribution in [3.8, 4) is 11.6 Å². The lowest BCUT2D eigenvalue weighted by Gasteiger charge is -2.71. The van der Waals surface area contributed by atoms with E-state index in [1.807, 2.05) is 10.7 Å². The number of ether oxygens (including phenoxy) is 2. The average molecular weight is 717 g/mol. The van der Waals surface area contributed by atoms with Crippen LogP contribution in [0.1, 0.15) is 114 Å². The SMILES string of the molecule is CC(C)[C@@H](C)[C@@]1(C)CC[C@]2(C)[C@H]3CC[C@@H]4[C@@]5(COC[C@@]4(C)[C@@H](OC[C@](C)(N)C(C)C)[C@H](n4ncnc4-c4ncccn4)C5)C3=CC[C@@]2(C)[C@@H]1C(=O)O. The summed E-state index contributed by atoms with van der Waals surface area (Å²) in [5.74, 6) is 1.67. The van der Waals surface area contributed by atoms with Gasteiger partial charge in [-0.1, -0.05) is 74.0 Å². The molecule has 2 aromatic rings. The molecule has 0 radical (unpaired) electrons. The van der Waals surface area contributed by atoms with E-state index in [4.69, 9.17) is 25.3 Å². The third kappa shape index (κ3) is 5.23. The number of rotatable bonds is 9. The predicted octanol–water partition coefficient (Wildman–Crippen LogP) is 7.62. The van der Waals surface area contributed by atoms with Gasteiger partial charge in [0.25, 0.3) is 0 Å². The van der Waals surface area contributed by atoms with E-state index >= 15 is 0 Å². The van der Waals surface area contributed by atoms with Gasteiger partial charge in [-0.2, -0.15) is 5.10 Å². The Morgan fingerprint density at radius 1 is 1.06 bits per heavy atom. The van der Waals surface area contributed by atoms with Gasteiger partial charge in [0.15, 0.2) is 11.6 Å². The van der Waals surface area contributed by atoms with Gasteiger partial charge in [0, 0.05) is 28.8 Å². The first-order valence-electron chi connectivity index (χ1n) is 20.0. The van der Waals surface area contributed by atoms with Crippen LogP contribution in [0.4, 0.5) is 0 Å². The molecule has 2 bridgehead atoms. The first-order chi connectivity index (χ1) is 24.4. The molecule has 3 N–H and O–H groups in total. The Labute approximate surface area is 311 Å². The van der Waals surface area contributed by atoms with Crippen molar-refractivity contribution in [1.29, 1.82) is 0 Å². The first kappa shape index (κ1) is 37.6. The zero-order valence-corrected chi connectivity index (χ0v) is 33.4. The van der Waals surface area contributed by atoms with Gasteiger partial charge in [-0.15, -0.1) is 0 Å². The number of allylic oxidation sites excluding steroid dienone is 1. The van der Waals surface area contributed by atoms with Crippen molar-refractivity contribution in [2.75, 3.05) is 19.8 Å². The fourth-order valence-electron chi connectivity index (χ4n) is 12.6. The lowest BCUT2D eigenvalue weighted by atomic mass is 9.34. The number of hydrogen-bond donors (Lipinski definition) is 2. The van der Waals surface area contributed by atoms with E-state index in [2.05, 4.69) is 85.3 Å². The van der Waals surface area contributed by atoms with Gasteiger partial charge in [-0.3, -0.25) is 4.79 Å². The highest BCUT2D eigenvalue weighted by atomic mass is 16.5. The molecule has 1 aliphatic heterocycles. The van der Waals surface area contributed by atoms with E-state index in [-0.39, 0.29) is 51.1 Å². The molecule has 3 saturated carbocycles. The minimum Gasteiger partial charge on any atom is -0.481 e. The van der Waals surface area contributed by atoms with Gasteiger partial charge in [-0.05, 0) is 97.3 Å². The van der Waals surface area contributed by atoms with Crippen molar-refractivity contribution < 1.29 is 19.4 Å². The second-order valence-electron chi connectivity index (χ2n) is 19.6. The Hall–Kier alpha value is -2.69. The first-order valence-corrected chi connectivity index (χ1v) is 20.0. The lowest BCUT2D eigenvalue weighted by molar-refractivity contribution is -0.252. The van der Waals surface area contributed by atoms with Crippen LogP contribution >= 0.6 is 0 Å². The molecule has 4 fully saturated rings. The molecule has 4 aliphatic carbocycles. The number of aliphatic carboxylic acids is 1. The monoisotopic (exact) mass is 716 g/mol. The molecule has 7 rings (SSSR count). The number of carboxylic acid groups (broad SMARTS) is 1. The summed E-state index contributed by atoms with van der Waals surface area (Å²) in [6.07, 6.45) is 13.0. The van der Waals surface area contributed by atoms with Crippen LogP contribution in [0.5, 0.6) is 0 Å². The van der Waals surface area contributed by atoms with Crippen LogP contribution in [0.25, 0.3) is 11.6 Å². The van der Waals surface area contributed by atoms with Gasteiger partial charge in [0.2, 0.25) is 0 Å². The number of nitrogens with zero attached hydrogens (tertiary/aromatic N) is 5. The molecule has 2 aromatic heterocycles. The molecular weight excluding hydrogens is 653 g/mol. The van der Waals surface area contributed by atoms with Gasteiger partial charge < -0.3 is 20.3 Å². The molecule has 52 heavy (non-hydrogen) atoms. The minimum atomic E-state index is -0.631. The summed E-state index contributed by atoms with van der Waals surface area (Å²) in [6, 6.07) is 1.65. The number of carbonyl (C=O) groups is 1. The number of hydrogen-bond acceptors (Lipinski definition) is 8. The summed E-state index contributed by atoms with van der Waals surface area (Å²) in [5.41, 5.74) is 6.45. The molecule has 12 atom stereocenters. The summed E-state index contributed by atoms with van der Waals surface area (Å²) in [7, 11) is 0. The van der Waals surface area contributed by atoms with Crippen LogP contribution in [0.2, 0.25) is 0 Å². The van der Waals surface area contributed by atoms with Crippen molar-refractivity contribution in [3.63, 3.8) is 0 Å². The fraction of sp³-hybridized carbons (Fsp3) is 0.786. The number of nitrogens with two attached hydrogens (primary N) is 1. The van der Waals surface area contributed by atoms with Crippen molar-refractivity contribution in [3.05, 3.63) is 36.4 Å². The van der Waals surface area contributed by atoms with E-state index in [1.165, 1.54) is 5.57 Å². The third-order valence-corrected chi connectivity index (χ3v) is 16.6. The zero-order chi connectivity index (χ0) is 37.6. The van der Waals surface area contributed by atoms with Crippen molar-refractivity contribution in [2.24, 2.45) is 68.3 Å². The lowest BCUT2D eigenvalue weighted by Crippen LogP contribution is -2.69. The molecule has 10 heteroatoms. The Morgan fingerprint density at radius 3 is 2.42 bits per heavy atom. The van der Waals surface area contributed by atoms with Gasteiger partial charge in [-0.25, -0.2) is 19.6 Å². The highest BCUT2D eigenvalue weighted by molar-refractivity contribution is 5.73. The summed E-state index contributed by atoms with van der Waals surface area (Å²) in [4.78, 5) is 27.4. The van der Waals surface area contributed by atoms with E-state index in [1.54, 1.807) is 18.7 Å². The van der Waals surface area contributed by atoms with Crippen molar-refractivity contribution >= 4 is 5.97 Å². The average Bonchev–Trinajstić information content (AvgIpc) is 3.58. The standard InChI is InChI=1S/C42H64N6O4/c1-25(2)27(5)37(6)16-17-39(8)28-12-13-31-38(7)21-51-23-42(31,29(28)14-15-40(39,9)32(37)36(49)50)20-30(33(38)52-22-41(10,43)26(3)4)48-35(46-24-47-48)34-44-18-11-19-45-34/h11,14,18-19,24-28,30-33H,12-13,15-17,20-23,43H2,1-10H3,(H,49,50)/t27-,28+,30-,31+,32-,33+,37-,38-,39-,40+,41+,42+/m1/s1. The second-order valence-corrected chi connectivity index (χ2v) is 19.6. The normalized spacial score (nSPS) is 41.7. The molecule has 3 heterocycles. The molecular formula is C42H64N6O4. The van der Waals surface area contributed by atoms with Gasteiger partial charge in [0.1, 0.15) is 6.33 Å². The van der Waals surface area contributed by atoms with Crippen LogP contribution in [-0.4, -0.2) is 67.3 Å². The Bertz CT molecular complexity index is 1690. The molecule has 5 aliphatic rings. The molecule has 0 amide bonds. The maximum absolute atomic E-state index is 13.5. The predicted molar refractivity (Wildman–Crippen MR) is 201 cm³/mol. The molecule has 0 spiro atoms.